The molecule has 0 bridgehead atoms. The fourth-order valence-corrected chi connectivity index (χ4v) is 3.39. The van der Waals surface area contributed by atoms with Crippen LogP contribution in [-0.2, 0) is 13.1 Å². The molecule has 128 valence electrons. The van der Waals surface area contributed by atoms with Crippen LogP contribution in [0.1, 0.15) is 23.0 Å². The van der Waals surface area contributed by atoms with Crippen molar-refractivity contribution < 1.29 is 9.18 Å². The Morgan fingerprint density at radius 1 is 1.21 bits per heavy atom. The maximum atomic E-state index is 13.0. The molecule has 1 aliphatic heterocycles. The summed E-state index contributed by atoms with van der Waals surface area (Å²) in [4.78, 5) is 16.9. The molecule has 0 radical (unpaired) electrons. The molecule has 0 unspecified atom stereocenters. The zero-order chi connectivity index (χ0) is 17.1. The lowest BCUT2D eigenvalue weighted by molar-refractivity contribution is 0.0615. The molecule has 0 saturated carbocycles. The summed E-state index contributed by atoms with van der Waals surface area (Å²) in [5.41, 5.74) is 1.70. The molecule has 5 nitrogen and oxygen atoms in total. The number of carbonyl (C=O) groups excluding carboxylic acids is 1. The molecule has 1 saturated heterocycles. The summed E-state index contributed by atoms with van der Waals surface area (Å²) in [6.07, 6.45) is 1.67. The van der Waals surface area contributed by atoms with Crippen LogP contribution >= 0.6 is 15.9 Å². The maximum absolute atomic E-state index is 13.0. The van der Waals surface area contributed by atoms with E-state index < -0.39 is 0 Å². The average Bonchev–Trinajstić information content (AvgIpc) is 2.98. The number of rotatable bonds is 4. The van der Waals surface area contributed by atoms with E-state index in [2.05, 4.69) is 25.9 Å². The van der Waals surface area contributed by atoms with Gasteiger partial charge >= 0.3 is 0 Å². The Morgan fingerprint density at radius 2 is 1.88 bits per heavy atom. The first kappa shape index (κ1) is 17.1. The highest BCUT2D eigenvalue weighted by Crippen LogP contribution is 2.19. The molecule has 1 aromatic heterocycles. The summed E-state index contributed by atoms with van der Waals surface area (Å²) >= 11 is 3.42. The van der Waals surface area contributed by atoms with E-state index in [0.717, 1.165) is 29.7 Å². The number of piperazine rings is 1. The Bertz CT molecular complexity index is 708. The van der Waals surface area contributed by atoms with Gasteiger partial charge in [0, 0.05) is 39.3 Å². The lowest BCUT2D eigenvalue weighted by Gasteiger charge is -2.34. The molecule has 2 heterocycles. The summed E-state index contributed by atoms with van der Waals surface area (Å²) in [7, 11) is 0. The molecule has 0 aliphatic carbocycles. The highest BCUT2D eigenvalue weighted by atomic mass is 79.9. The standard InChI is InChI=1S/C17H20BrFN4O/c1-2-23-16(15(18)11-20-23)17(24)22-9-7-21(8-10-22)12-13-3-5-14(19)6-4-13/h3-6,11H,2,7-10,12H2,1H3. The minimum absolute atomic E-state index is 0.0163. The first-order chi connectivity index (χ1) is 11.6. The van der Waals surface area contributed by atoms with E-state index in [-0.39, 0.29) is 11.7 Å². The normalized spacial score (nSPS) is 15.7. The quantitative estimate of drug-likeness (QED) is 0.800. The van der Waals surface area contributed by atoms with E-state index in [0.29, 0.717) is 25.3 Å². The third-order valence-corrected chi connectivity index (χ3v) is 4.86. The van der Waals surface area contributed by atoms with Gasteiger partial charge in [-0.3, -0.25) is 14.4 Å². The molecule has 1 amide bonds. The number of amides is 1. The van der Waals surface area contributed by atoms with Crippen LogP contribution < -0.4 is 0 Å². The summed E-state index contributed by atoms with van der Waals surface area (Å²) in [6, 6.07) is 6.59. The van der Waals surface area contributed by atoms with Crippen LogP contribution in [0.4, 0.5) is 4.39 Å². The van der Waals surface area contributed by atoms with E-state index >= 15 is 0 Å². The van der Waals surface area contributed by atoms with Crippen molar-refractivity contribution >= 4 is 21.8 Å². The Labute approximate surface area is 149 Å². The second-order valence-electron chi connectivity index (χ2n) is 5.85. The molecule has 1 aromatic carbocycles. The van der Waals surface area contributed by atoms with Crippen LogP contribution in [0.3, 0.4) is 0 Å². The van der Waals surface area contributed by atoms with Crippen molar-refractivity contribution in [3.63, 3.8) is 0 Å². The van der Waals surface area contributed by atoms with Crippen molar-refractivity contribution in [3.05, 3.63) is 52.0 Å². The molecule has 0 atom stereocenters. The van der Waals surface area contributed by atoms with Crippen LogP contribution in [0.5, 0.6) is 0 Å². The summed E-state index contributed by atoms with van der Waals surface area (Å²) in [5.74, 6) is -0.199. The second kappa shape index (κ2) is 7.44. The number of carbonyl (C=O) groups is 1. The summed E-state index contributed by atoms with van der Waals surface area (Å²) < 4.78 is 15.4. The first-order valence-electron chi connectivity index (χ1n) is 8.06. The van der Waals surface area contributed by atoms with Gasteiger partial charge in [-0.15, -0.1) is 0 Å². The van der Waals surface area contributed by atoms with Gasteiger partial charge in [-0.25, -0.2) is 4.39 Å². The highest BCUT2D eigenvalue weighted by Gasteiger charge is 2.26. The van der Waals surface area contributed by atoms with Crippen molar-refractivity contribution in [1.82, 2.24) is 19.6 Å². The Balaban J connectivity index is 1.59. The van der Waals surface area contributed by atoms with Gasteiger partial charge in [0.15, 0.2) is 0 Å². The monoisotopic (exact) mass is 394 g/mol. The largest absolute Gasteiger partial charge is 0.335 e. The Kier molecular flexibility index (Phi) is 5.30. The van der Waals surface area contributed by atoms with Crippen LogP contribution in [0.2, 0.25) is 0 Å². The topological polar surface area (TPSA) is 41.4 Å². The lowest BCUT2D eigenvalue weighted by Crippen LogP contribution is -2.48. The molecule has 24 heavy (non-hydrogen) atoms. The van der Waals surface area contributed by atoms with Crippen molar-refractivity contribution in [2.45, 2.75) is 20.0 Å². The van der Waals surface area contributed by atoms with Crippen LogP contribution in [-0.4, -0.2) is 51.7 Å². The second-order valence-corrected chi connectivity index (χ2v) is 6.71. The fourth-order valence-electron chi connectivity index (χ4n) is 2.92. The number of hydrogen-bond donors (Lipinski definition) is 0. The molecule has 0 spiro atoms. The van der Waals surface area contributed by atoms with Crippen molar-refractivity contribution in [2.24, 2.45) is 0 Å². The van der Waals surface area contributed by atoms with Crippen molar-refractivity contribution in [3.8, 4) is 0 Å². The van der Waals surface area contributed by atoms with Gasteiger partial charge in [0.1, 0.15) is 11.5 Å². The predicted molar refractivity (Wildman–Crippen MR) is 93.2 cm³/mol. The van der Waals surface area contributed by atoms with E-state index in [9.17, 15) is 9.18 Å². The third kappa shape index (κ3) is 3.67. The number of nitrogens with zero attached hydrogens (tertiary/aromatic N) is 4. The third-order valence-electron chi connectivity index (χ3n) is 4.28. The summed E-state index contributed by atoms with van der Waals surface area (Å²) in [6.45, 7) is 6.39. The lowest BCUT2D eigenvalue weighted by atomic mass is 10.2. The van der Waals surface area contributed by atoms with Gasteiger partial charge in [-0.05, 0) is 40.5 Å². The van der Waals surface area contributed by atoms with Crippen LogP contribution in [0.15, 0.2) is 34.9 Å². The number of aryl methyl sites for hydroxylation is 1. The number of benzene rings is 1. The molecule has 7 heteroatoms. The van der Waals surface area contributed by atoms with Crippen LogP contribution in [0.25, 0.3) is 0 Å². The van der Waals surface area contributed by atoms with E-state index in [1.54, 1.807) is 10.9 Å². The van der Waals surface area contributed by atoms with Gasteiger partial charge in [0.05, 0.1) is 10.7 Å². The van der Waals surface area contributed by atoms with Gasteiger partial charge in [-0.1, -0.05) is 12.1 Å². The maximum Gasteiger partial charge on any atom is 0.273 e. The Morgan fingerprint density at radius 3 is 2.50 bits per heavy atom. The number of halogens is 2. The van der Waals surface area contributed by atoms with E-state index in [4.69, 9.17) is 0 Å². The molecule has 0 N–H and O–H groups in total. The minimum Gasteiger partial charge on any atom is -0.335 e. The van der Waals surface area contributed by atoms with Crippen LogP contribution in [0, 0.1) is 5.82 Å². The SMILES string of the molecule is CCn1ncc(Br)c1C(=O)N1CCN(Cc2ccc(F)cc2)CC1. The highest BCUT2D eigenvalue weighted by molar-refractivity contribution is 9.10. The molecular weight excluding hydrogens is 375 g/mol. The molecule has 2 aromatic rings. The minimum atomic E-state index is -0.215. The average molecular weight is 395 g/mol. The molecule has 1 aliphatic rings. The number of aromatic nitrogens is 2. The van der Waals surface area contributed by atoms with Crippen molar-refractivity contribution in [2.75, 3.05) is 26.2 Å². The summed E-state index contributed by atoms with van der Waals surface area (Å²) in [5, 5.41) is 4.21. The first-order valence-corrected chi connectivity index (χ1v) is 8.85. The zero-order valence-electron chi connectivity index (χ0n) is 13.6. The van der Waals surface area contributed by atoms with E-state index in [1.807, 2.05) is 24.0 Å². The van der Waals surface area contributed by atoms with Gasteiger partial charge in [0.2, 0.25) is 0 Å². The van der Waals surface area contributed by atoms with Crippen molar-refractivity contribution in [1.29, 1.82) is 0 Å². The predicted octanol–water partition coefficient (Wildman–Crippen LogP) is 2.76. The smallest absolute Gasteiger partial charge is 0.273 e. The van der Waals surface area contributed by atoms with Gasteiger partial charge in [0.25, 0.3) is 5.91 Å². The Hall–Kier alpha value is -1.73. The zero-order valence-corrected chi connectivity index (χ0v) is 15.2. The molecule has 3 rings (SSSR count). The van der Waals surface area contributed by atoms with E-state index in [1.165, 1.54) is 12.1 Å². The number of hydrogen-bond acceptors (Lipinski definition) is 3. The molecule has 1 fully saturated rings. The fraction of sp³-hybridized carbons (Fsp3) is 0.412. The van der Waals surface area contributed by atoms with Gasteiger partial charge < -0.3 is 4.90 Å². The molecular formula is C17H20BrFN4O. The van der Waals surface area contributed by atoms with Gasteiger partial charge in [-0.2, -0.15) is 5.10 Å².